The van der Waals surface area contributed by atoms with Gasteiger partial charge >= 0.3 is 0 Å². The van der Waals surface area contributed by atoms with E-state index in [-0.39, 0.29) is 0 Å². The fraction of sp³-hybridized carbons (Fsp3) is 0.556. The third-order valence-corrected chi connectivity index (χ3v) is 1.65. The van der Waals surface area contributed by atoms with Gasteiger partial charge in [-0.25, -0.2) is 0 Å². The molecule has 0 bridgehead atoms. The highest BCUT2D eigenvalue weighted by molar-refractivity contribution is 5.21. The molecule has 0 fully saturated rings. The summed E-state index contributed by atoms with van der Waals surface area (Å²) in [6.07, 6.45) is 5.84. The average Bonchev–Trinajstić information content (AvgIpc) is 1.59. The van der Waals surface area contributed by atoms with Crippen molar-refractivity contribution in [2.24, 2.45) is 5.92 Å². The largest absolute Gasteiger partial charge is 0.0786 e. The van der Waals surface area contributed by atoms with Crippen LogP contribution in [0.1, 0.15) is 27.2 Å². The highest BCUT2D eigenvalue weighted by Gasteiger charge is 2.02. The van der Waals surface area contributed by atoms with Crippen molar-refractivity contribution in [1.82, 2.24) is 0 Å². The molecule has 9 heavy (non-hydrogen) atoms. The first-order chi connectivity index (χ1) is 4.18. The van der Waals surface area contributed by atoms with Gasteiger partial charge in [0, 0.05) is 0 Å². The van der Waals surface area contributed by atoms with E-state index in [0.717, 1.165) is 0 Å². The zero-order valence-corrected chi connectivity index (χ0v) is 6.44. The lowest BCUT2D eigenvalue weighted by molar-refractivity contribution is 0.857. The van der Waals surface area contributed by atoms with E-state index >= 15 is 0 Å². The molecule has 0 unspecified atom stereocenters. The Morgan fingerprint density at radius 1 is 1.22 bits per heavy atom. The van der Waals surface area contributed by atoms with Crippen LogP contribution in [0.3, 0.4) is 0 Å². The Kier molecular flexibility index (Phi) is 1.75. The third-order valence-electron chi connectivity index (χ3n) is 1.65. The second-order valence-corrected chi connectivity index (χ2v) is 3.06. The fourth-order valence-corrected chi connectivity index (χ4v) is 1.50. The molecular formula is C9H14. The van der Waals surface area contributed by atoms with Crippen LogP contribution in [0.15, 0.2) is 23.3 Å². The first-order valence-electron chi connectivity index (χ1n) is 3.53. The highest BCUT2D eigenvalue weighted by atomic mass is 14.1. The number of hydrogen-bond acceptors (Lipinski definition) is 0. The lowest BCUT2D eigenvalue weighted by Gasteiger charge is -2.12. The topological polar surface area (TPSA) is 0 Å². The Bertz CT molecular complexity index is 143. The molecule has 0 nitrogen and oxygen atoms in total. The van der Waals surface area contributed by atoms with Crippen molar-refractivity contribution in [2.75, 3.05) is 0 Å². The molecule has 1 aliphatic carbocycles. The molecule has 0 spiro atoms. The molecule has 1 aliphatic rings. The van der Waals surface area contributed by atoms with Gasteiger partial charge in [-0.15, -0.1) is 0 Å². The summed E-state index contributed by atoms with van der Waals surface area (Å²) in [5, 5.41) is 0. The maximum absolute atomic E-state index is 2.33. The zero-order chi connectivity index (χ0) is 6.85. The molecule has 0 aromatic rings. The molecule has 0 heteroatoms. The van der Waals surface area contributed by atoms with Crippen LogP contribution >= 0.6 is 0 Å². The summed E-state index contributed by atoms with van der Waals surface area (Å²) in [5.74, 6) is 0.666. The van der Waals surface area contributed by atoms with Crippen LogP contribution in [0.2, 0.25) is 0 Å². The Balaban J connectivity index is 2.69. The van der Waals surface area contributed by atoms with Crippen molar-refractivity contribution < 1.29 is 0 Å². The van der Waals surface area contributed by atoms with Crippen molar-refractivity contribution in [3.05, 3.63) is 23.3 Å². The molecule has 0 heterocycles. The quantitative estimate of drug-likeness (QED) is 0.433. The van der Waals surface area contributed by atoms with Crippen molar-refractivity contribution in [2.45, 2.75) is 27.2 Å². The van der Waals surface area contributed by atoms with Crippen LogP contribution in [0.4, 0.5) is 0 Å². The van der Waals surface area contributed by atoms with Crippen LogP contribution in [-0.4, -0.2) is 0 Å². The minimum absolute atomic E-state index is 0.666. The maximum atomic E-state index is 2.33. The summed E-state index contributed by atoms with van der Waals surface area (Å²) < 4.78 is 0. The Morgan fingerprint density at radius 2 is 1.67 bits per heavy atom. The lowest BCUT2D eigenvalue weighted by Crippen LogP contribution is -1.95. The number of hydrogen-bond donors (Lipinski definition) is 0. The minimum Gasteiger partial charge on any atom is -0.0786 e. The zero-order valence-electron chi connectivity index (χ0n) is 6.44. The van der Waals surface area contributed by atoms with Gasteiger partial charge in [0.2, 0.25) is 0 Å². The number of rotatable bonds is 0. The van der Waals surface area contributed by atoms with Gasteiger partial charge in [0.1, 0.15) is 0 Å². The molecule has 1 rings (SSSR count). The molecule has 50 valence electrons. The van der Waals surface area contributed by atoms with Crippen LogP contribution in [0.5, 0.6) is 0 Å². The van der Waals surface area contributed by atoms with Crippen molar-refractivity contribution in [1.29, 1.82) is 0 Å². The standard InChI is InChI=1S/C9H14/c1-7-4-8(2)6-9(3)5-7/h4-5,7H,6H2,1-3H3. The molecule has 0 N–H and O–H groups in total. The van der Waals surface area contributed by atoms with Crippen molar-refractivity contribution in [3.63, 3.8) is 0 Å². The molecule has 0 aliphatic heterocycles. The molecule has 0 amide bonds. The summed E-state index contributed by atoms with van der Waals surface area (Å²) in [6, 6.07) is 0. The van der Waals surface area contributed by atoms with Crippen LogP contribution < -0.4 is 0 Å². The lowest BCUT2D eigenvalue weighted by atomic mass is 9.94. The molecule has 0 aromatic carbocycles. The van der Waals surface area contributed by atoms with Crippen molar-refractivity contribution in [3.8, 4) is 0 Å². The highest BCUT2D eigenvalue weighted by Crippen LogP contribution is 2.20. The van der Waals surface area contributed by atoms with E-state index in [1.165, 1.54) is 17.6 Å². The third kappa shape index (κ3) is 1.70. The maximum Gasteiger partial charge on any atom is -0.00765 e. The first kappa shape index (κ1) is 6.60. The summed E-state index contributed by atoms with van der Waals surface area (Å²) >= 11 is 0. The minimum atomic E-state index is 0.666. The van der Waals surface area contributed by atoms with E-state index in [2.05, 4.69) is 32.9 Å². The van der Waals surface area contributed by atoms with E-state index in [1.54, 1.807) is 0 Å². The second kappa shape index (κ2) is 2.38. The summed E-state index contributed by atoms with van der Waals surface area (Å²) in [4.78, 5) is 0. The monoisotopic (exact) mass is 122 g/mol. The van der Waals surface area contributed by atoms with Gasteiger partial charge in [0.15, 0.2) is 0 Å². The van der Waals surface area contributed by atoms with Gasteiger partial charge in [-0.2, -0.15) is 0 Å². The van der Waals surface area contributed by atoms with Gasteiger partial charge in [0.05, 0.1) is 0 Å². The van der Waals surface area contributed by atoms with Gasteiger partial charge in [0.25, 0.3) is 0 Å². The van der Waals surface area contributed by atoms with Crippen LogP contribution in [-0.2, 0) is 0 Å². The number of allylic oxidation sites excluding steroid dienone is 4. The smallest absolute Gasteiger partial charge is 0.00765 e. The summed E-state index contributed by atoms with van der Waals surface area (Å²) in [7, 11) is 0. The molecule has 0 aromatic heterocycles. The molecule has 0 saturated carbocycles. The summed E-state index contributed by atoms with van der Waals surface area (Å²) in [5.41, 5.74) is 3.03. The molecule has 0 radical (unpaired) electrons. The van der Waals surface area contributed by atoms with Gasteiger partial charge in [-0.05, 0) is 26.2 Å². The predicted molar refractivity (Wildman–Crippen MR) is 41.3 cm³/mol. The Labute approximate surface area is 57.3 Å². The van der Waals surface area contributed by atoms with E-state index in [9.17, 15) is 0 Å². The van der Waals surface area contributed by atoms with E-state index in [4.69, 9.17) is 0 Å². The molecule has 0 atom stereocenters. The average molecular weight is 122 g/mol. The Hall–Kier alpha value is -0.520. The first-order valence-corrected chi connectivity index (χ1v) is 3.53. The fourth-order valence-electron chi connectivity index (χ4n) is 1.50. The van der Waals surface area contributed by atoms with E-state index in [0.29, 0.717) is 5.92 Å². The van der Waals surface area contributed by atoms with Crippen LogP contribution in [0, 0.1) is 5.92 Å². The predicted octanol–water partition coefficient (Wildman–Crippen LogP) is 2.92. The Morgan fingerprint density at radius 3 is 2.00 bits per heavy atom. The summed E-state index contributed by atoms with van der Waals surface area (Å²) in [6.45, 7) is 6.63. The van der Waals surface area contributed by atoms with Crippen molar-refractivity contribution >= 4 is 0 Å². The van der Waals surface area contributed by atoms with Gasteiger partial charge < -0.3 is 0 Å². The molecule has 0 saturated heterocycles. The van der Waals surface area contributed by atoms with E-state index < -0.39 is 0 Å². The van der Waals surface area contributed by atoms with E-state index in [1.807, 2.05) is 0 Å². The second-order valence-electron chi connectivity index (χ2n) is 3.06. The normalized spacial score (nSPS) is 21.2. The van der Waals surface area contributed by atoms with Gasteiger partial charge in [-0.1, -0.05) is 30.2 Å². The SMILES string of the molecule is CC1=CC(C)C=C(C)C1. The van der Waals surface area contributed by atoms with Gasteiger partial charge in [-0.3, -0.25) is 0 Å². The molecular weight excluding hydrogens is 108 g/mol. The van der Waals surface area contributed by atoms with Crippen LogP contribution in [0.25, 0.3) is 0 Å².